The van der Waals surface area contributed by atoms with E-state index in [0.29, 0.717) is 30.6 Å². The van der Waals surface area contributed by atoms with Crippen LogP contribution in [0.4, 0.5) is 0 Å². The minimum Gasteiger partial charge on any atom is -0.435 e. The van der Waals surface area contributed by atoms with Gasteiger partial charge in [-0.15, -0.1) is 0 Å². The first-order valence-corrected chi connectivity index (χ1v) is 23.8. The molecule has 0 spiro atoms. The Morgan fingerprint density at radius 3 is 1.60 bits per heavy atom. The van der Waals surface area contributed by atoms with E-state index < -0.39 is 0 Å². The Balaban J connectivity index is 0.926. The second kappa shape index (κ2) is 8.95. The predicted molar refractivity (Wildman–Crippen MR) is 202 cm³/mol. The smallest absolute Gasteiger partial charge is 0.310 e. The molecule has 0 aromatic carbocycles. The van der Waals surface area contributed by atoms with Crippen LogP contribution in [-0.4, -0.2) is 11.9 Å². The van der Waals surface area contributed by atoms with Crippen LogP contribution < -0.4 is 0 Å². The molecule has 13 saturated carbocycles. The van der Waals surface area contributed by atoms with Crippen molar-refractivity contribution in [3.63, 3.8) is 0 Å². The van der Waals surface area contributed by atoms with Gasteiger partial charge in [-0.05, 0) is 221 Å². The summed E-state index contributed by atoms with van der Waals surface area (Å²) in [6.07, 6.45) is 22.9. The molecule has 17 rings (SSSR count). The lowest BCUT2D eigenvalue weighted by Gasteiger charge is -2.61. The minimum atomic E-state index is -0.136. The number of allylic oxidation sites excluding steroid dienone is 6. The van der Waals surface area contributed by atoms with Gasteiger partial charge in [-0.25, -0.2) is 0 Å². The zero-order valence-electron chi connectivity index (χ0n) is 32.0. The van der Waals surface area contributed by atoms with Crippen LogP contribution >= 0.6 is 0 Å². The van der Waals surface area contributed by atoms with Crippen LogP contribution in [0.25, 0.3) is 0 Å². The fraction of sp³-hybridized carbons (Fsp3) is 0.765. The summed E-state index contributed by atoms with van der Waals surface area (Å²) < 4.78 is 10.9. The van der Waals surface area contributed by atoms with Crippen molar-refractivity contribution >= 4 is 11.9 Å². The second-order valence-corrected chi connectivity index (χ2v) is 23.7. The molecule has 0 N–H and O–H groups in total. The monoisotopic (exact) mass is 732 g/mol. The lowest BCUT2D eigenvalue weighted by atomic mass is 9.43. The molecular formula is C51H56O4. The van der Waals surface area contributed by atoms with Crippen molar-refractivity contribution in [2.75, 3.05) is 0 Å². The fourth-order valence-corrected chi connectivity index (χ4v) is 25.8. The van der Waals surface area contributed by atoms with Crippen molar-refractivity contribution in [3.05, 3.63) is 61.1 Å². The highest BCUT2D eigenvalue weighted by Gasteiger charge is 2.90. The van der Waals surface area contributed by atoms with Crippen molar-refractivity contribution in [1.29, 1.82) is 0 Å². The molecule has 0 aliphatic heterocycles. The first-order chi connectivity index (χ1) is 27.1. The fourth-order valence-electron chi connectivity index (χ4n) is 25.8. The number of hydrogen-bond acceptors (Lipinski definition) is 4. The van der Waals surface area contributed by atoms with Crippen LogP contribution in [0.5, 0.6) is 0 Å². The van der Waals surface area contributed by atoms with Crippen molar-refractivity contribution in [2.24, 2.45) is 183 Å². The van der Waals surface area contributed by atoms with E-state index in [9.17, 15) is 9.59 Å². The molecule has 30 atom stereocenters. The summed E-state index contributed by atoms with van der Waals surface area (Å²) in [5.41, 5.74) is 4.43. The maximum atomic E-state index is 13.2. The van der Waals surface area contributed by atoms with E-state index in [0.717, 1.165) is 173 Å². The first-order valence-electron chi connectivity index (χ1n) is 23.8. The number of rotatable bonds is 8. The van der Waals surface area contributed by atoms with Gasteiger partial charge in [0.15, 0.2) is 0 Å². The number of ether oxygens (including phenoxy) is 2. The molecule has 13 fully saturated rings. The molecule has 0 amide bonds. The lowest BCUT2D eigenvalue weighted by Crippen LogP contribution is -2.58. The topological polar surface area (TPSA) is 52.6 Å². The molecule has 0 bridgehead atoms. The summed E-state index contributed by atoms with van der Waals surface area (Å²) in [5, 5.41) is 0. The molecule has 0 heterocycles. The Morgan fingerprint density at radius 2 is 0.927 bits per heavy atom. The molecule has 4 nitrogen and oxygen atoms in total. The van der Waals surface area contributed by atoms with E-state index in [2.05, 4.69) is 48.6 Å². The van der Waals surface area contributed by atoms with Gasteiger partial charge in [0.1, 0.15) is 0 Å². The Kier molecular flexibility index (Phi) is 4.85. The summed E-state index contributed by atoms with van der Waals surface area (Å²) in [6.45, 7) is 7.47. The van der Waals surface area contributed by atoms with Gasteiger partial charge >= 0.3 is 11.9 Å². The van der Waals surface area contributed by atoms with Crippen LogP contribution in [0.1, 0.15) is 51.4 Å². The van der Waals surface area contributed by atoms with Gasteiger partial charge in [-0.1, -0.05) is 48.6 Å². The Bertz CT molecular complexity index is 2050. The van der Waals surface area contributed by atoms with Crippen LogP contribution in [0.3, 0.4) is 0 Å². The Labute approximate surface area is 325 Å². The van der Waals surface area contributed by atoms with Crippen molar-refractivity contribution in [2.45, 2.75) is 51.4 Å². The third-order valence-electron chi connectivity index (χ3n) is 24.7. The molecule has 30 unspecified atom stereocenters. The zero-order valence-corrected chi connectivity index (χ0v) is 32.0. The summed E-state index contributed by atoms with van der Waals surface area (Å²) in [4.78, 5) is 26.5. The highest BCUT2D eigenvalue weighted by Crippen LogP contribution is 2.94. The van der Waals surface area contributed by atoms with Crippen LogP contribution in [0.2, 0.25) is 0 Å². The maximum Gasteiger partial charge on any atom is 0.310 e. The first kappa shape index (κ1) is 29.8. The third kappa shape index (κ3) is 2.69. The van der Waals surface area contributed by atoms with Gasteiger partial charge in [0, 0.05) is 12.8 Å². The predicted octanol–water partition coefficient (Wildman–Crippen LogP) is 8.59. The molecule has 0 saturated heterocycles. The van der Waals surface area contributed by atoms with Crippen molar-refractivity contribution in [3.8, 4) is 0 Å². The zero-order chi connectivity index (χ0) is 35.4. The van der Waals surface area contributed by atoms with Crippen LogP contribution in [-0.2, 0) is 19.1 Å². The van der Waals surface area contributed by atoms with E-state index in [1.807, 2.05) is 0 Å². The summed E-state index contributed by atoms with van der Waals surface area (Å²) >= 11 is 0. The normalized spacial score (nSPS) is 67.1. The van der Waals surface area contributed by atoms with Gasteiger partial charge in [0.2, 0.25) is 0 Å². The van der Waals surface area contributed by atoms with Gasteiger partial charge in [-0.2, -0.15) is 0 Å². The molecule has 0 radical (unpaired) electrons. The molecule has 0 aromatic heterocycles. The number of carbonyl (C=O) groups excluding carboxylic acids is 2. The van der Waals surface area contributed by atoms with E-state index >= 15 is 0 Å². The van der Waals surface area contributed by atoms with Crippen LogP contribution in [0.15, 0.2) is 61.1 Å². The number of hydrogen-bond donors (Lipinski definition) is 0. The molecule has 4 heteroatoms. The lowest BCUT2D eigenvalue weighted by molar-refractivity contribution is -0.147. The molecule has 284 valence electrons. The maximum absolute atomic E-state index is 13.2. The van der Waals surface area contributed by atoms with E-state index in [1.165, 1.54) is 25.4 Å². The highest BCUT2D eigenvalue weighted by atomic mass is 16.5. The number of esters is 2. The van der Waals surface area contributed by atoms with Gasteiger partial charge in [0.25, 0.3) is 0 Å². The molecule has 17 aliphatic rings. The highest BCUT2D eigenvalue weighted by molar-refractivity contribution is 5.71. The van der Waals surface area contributed by atoms with Gasteiger partial charge in [-0.3, -0.25) is 9.59 Å². The average molecular weight is 733 g/mol. The molecular weight excluding hydrogens is 677 g/mol. The molecule has 55 heavy (non-hydrogen) atoms. The third-order valence-corrected chi connectivity index (χ3v) is 24.7. The summed E-state index contributed by atoms with van der Waals surface area (Å²) in [5.74, 6) is 26.7. The van der Waals surface area contributed by atoms with Crippen molar-refractivity contribution in [1.82, 2.24) is 0 Å². The van der Waals surface area contributed by atoms with E-state index in [1.54, 1.807) is 12.8 Å². The summed E-state index contributed by atoms with van der Waals surface area (Å²) in [7, 11) is 0. The van der Waals surface area contributed by atoms with E-state index in [-0.39, 0.29) is 17.4 Å². The standard InChI is InChI=1S/C51H56O4/c1-3-54-25(52)13-15-51(16-14-26(53)55-4-2)49-35-23-11-9-21-19-7-5-17-18-6-8-20-22-10-12-24-34-32(22)39-30(20)28(18)37-27(17)29(19)38-31(21)33(23)40-42(35)43(36(24)50(49)51)41(34)48-46(39)44(37)45(38)47(40)48/h3-5,7,9,11,17-24,27-37,39-44,46-50H,1-2,6,8,10,12-16H2. The largest absolute Gasteiger partial charge is 0.435 e. The molecule has 0 aromatic rings. The number of fused-ring (bicyclic) bond motifs is 8. The molecule has 17 aliphatic carbocycles. The second-order valence-electron chi connectivity index (χ2n) is 23.7. The van der Waals surface area contributed by atoms with Gasteiger partial charge in [0.05, 0.1) is 12.5 Å². The SMILES string of the molecule is C=COC(=O)CCC1(CCC(=O)OC=C)C2C3C4C=CC5C6C=CC7C8CCC9C%10CCC%11C%12C%10C%10C9C8C8C9C%13=C(C6C78)C5C4C4C%13C(C9%10)C%12C(C43)C%11C21. The Hall–Kier alpha value is -2.36. The minimum absolute atomic E-state index is 0.0355. The van der Waals surface area contributed by atoms with E-state index in [4.69, 9.17) is 9.47 Å². The number of carbonyl (C=O) groups is 2. The quantitative estimate of drug-likeness (QED) is 0.143. The van der Waals surface area contributed by atoms with Crippen LogP contribution in [0, 0.1) is 183 Å². The van der Waals surface area contributed by atoms with Gasteiger partial charge < -0.3 is 9.47 Å². The summed E-state index contributed by atoms with van der Waals surface area (Å²) in [6, 6.07) is 0. The van der Waals surface area contributed by atoms with Crippen molar-refractivity contribution < 1.29 is 19.1 Å². The Morgan fingerprint density at radius 1 is 0.491 bits per heavy atom. The average Bonchev–Trinajstić information content (AvgIpc) is 3.81.